The van der Waals surface area contributed by atoms with Crippen molar-refractivity contribution in [2.45, 2.75) is 12.5 Å². The number of thiophene rings is 1. The van der Waals surface area contributed by atoms with Crippen LogP contribution in [0.5, 0.6) is 0 Å². The molecule has 0 aliphatic heterocycles. The minimum Gasteiger partial charge on any atom is -0.271 e. The Morgan fingerprint density at radius 3 is 2.71 bits per heavy atom. The molecule has 0 aliphatic carbocycles. The van der Waals surface area contributed by atoms with E-state index in [4.69, 9.17) is 17.4 Å². The molecule has 0 radical (unpaired) electrons. The standard InChI is InChI=1S/C16H14ClFN2S/c17-12-6-5-10(7-13(12)18)8-14(20-19)16-9-11-3-1-2-4-15(11)21-16/h1-7,9,14,20H,8,19H2. The highest BCUT2D eigenvalue weighted by Gasteiger charge is 2.14. The number of nitrogens with two attached hydrogens (primary N) is 1. The molecule has 0 saturated heterocycles. The summed E-state index contributed by atoms with van der Waals surface area (Å²) in [6.45, 7) is 0. The summed E-state index contributed by atoms with van der Waals surface area (Å²) in [5, 5.41) is 1.33. The summed E-state index contributed by atoms with van der Waals surface area (Å²) < 4.78 is 14.7. The van der Waals surface area contributed by atoms with Crippen molar-refractivity contribution in [1.29, 1.82) is 0 Å². The summed E-state index contributed by atoms with van der Waals surface area (Å²) in [5.41, 5.74) is 3.68. The van der Waals surface area contributed by atoms with Gasteiger partial charge in [-0.05, 0) is 41.6 Å². The zero-order valence-corrected chi connectivity index (χ0v) is 12.7. The van der Waals surface area contributed by atoms with Crippen LogP contribution in [0.1, 0.15) is 16.5 Å². The fourth-order valence-electron chi connectivity index (χ4n) is 2.32. The van der Waals surface area contributed by atoms with Gasteiger partial charge in [-0.1, -0.05) is 35.9 Å². The molecule has 2 nitrogen and oxygen atoms in total. The Hall–Kier alpha value is -1.46. The summed E-state index contributed by atoms with van der Waals surface area (Å²) in [7, 11) is 0. The highest BCUT2D eigenvalue weighted by atomic mass is 35.5. The van der Waals surface area contributed by atoms with E-state index >= 15 is 0 Å². The average Bonchev–Trinajstić information content (AvgIpc) is 2.92. The van der Waals surface area contributed by atoms with Gasteiger partial charge in [-0.15, -0.1) is 11.3 Å². The van der Waals surface area contributed by atoms with E-state index in [9.17, 15) is 4.39 Å². The van der Waals surface area contributed by atoms with Gasteiger partial charge in [0.25, 0.3) is 0 Å². The average molecular weight is 321 g/mol. The first-order chi connectivity index (χ1) is 10.2. The second-order valence-corrected chi connectivity index (χ2v) is 6.38. The lowest BCUT2D eigenvalue weighted by Gasteiger charge is -2.14. The Kier molecular flexibility index (Phi) is 4.22. The number of hydrogen-bond donors (Lipinski definition) is 2. The van der Waals surface area contributed by atoms with Crippen molar-refractivity contribution in [1.82, 2.24) is 5.43 Å². The first-order valence-electron chi connectivity index (χ1n) is 6.56. The second kappa shape index (κ2) is 6.12. The Balaban J connectivity index is 1.88. The van der Waals surface area contributed by atoms with Gasteiger partial charge in [0, 0.05) is 9.58 Å². The van der Waals surface area contributed by atoms with Crippen molar-refractivity contribution in [3.63, 3.8) is 0 Å². The molecule has 0 amide bonds. The van der Waals surface area contributed by atoms with Crippen LogP contribution in [0, 0.1) is 5.82 Å². The van der Waals surface area contributed by atoms with E-state index < -0.39 is 5.82 Å². The molecule has 2 aromatic carbocycles. The number of halogens is 2. The molecular weight excluding hydrogens is 307 g/mol. The van der Waals surface area contributed by atoms with Crippen LogP contribution in [0.2, 0.25) is 5.02 Å². The van der Waals surface area contributed by atoms with Crippen molar-refractivity contribution >= 4 is 33.0 Å². The molecule has 5 heteroatoms. The van der Waals surface area contributed by atoms with Gasteiger partial charge in [0.2, 0.25) is 0 Å². The van der Waals surface area contributed by atoms with Gasteiger partial charge in [-0.2, -0.15) is 0 Å². The van der Waals surface area contributed by atoms with Crippen LogP contribution in [0.4, 0.5) is 4.39 Å². The van der Waals surface area contributed by atoms with Crippen LogP contribution in [-0.2, 0) is 6.42 Å². The maximum atomic E-state index is 13.5. The number of benzene rings is 2. The lowest BCUT2D eigenvalue weighted by Crippen LogP contribution is -2.28. The fraction of sp³-hybridized carbons (Fsp3) is 0.125. The second-order valence-electron chi connectivity index (χ2n) is 4.86. The van der Waals surface area contributed by atoms with Crippen LogP contribution >= 0.6 is 22.9 Å². The van der Waals surface area contributed by atoms with Gasteiger partial charge < -0.3 is 0 Å². The van der Waals surface area contributed by atoms with Crippen LogP contribution in [0.25, 0.3) is 10.1 Å². The predicted octanol–water partition coefficient (Wildman–Crippen LogP) is 4.44. The largest absolute Gasteiger partial charge is 0.271 e. The molecule has 21 heavy (non-hydrogen) atoms. The van der Waals surface area contributed by atoms with E-state index in [-0.39, 0.29) is 11.1 Å². The number of hydrazine groups is 1. The smallest absolute Gasteiger partial charge is 0.142 e. The number of rotatable bonds is 4. The van der Waals surface area contributed by atoms with Gasteiger partial charge in [-0.3, -0.25) is 11.3 Å². The molecule has 1 atom stereocenters. The van der Waals surface area contributed by atoms with E-state index in [2.05, 4.69) is 23.6 Å². The molecule has 1 heterocycles. The first-order valence-corrected chi connectivity index (χ1v) is 7.75. The first kappa shape index (κ1) is 14.5. The normalized spacial score (nSPS) is 12.7. The van der Waals surface area contributed by atoms with E-state index in [1.54, 1.807) is 17.4 Å². The van der Waals surface area contributed by atoms with Crippen molar-refractivity contribution in [2.24, 2.45) is 5.84 Å². The van der Waals surface area contributed by atoms with Crippen LogP contribution in [0.15, 0.2) is 48.5 Å². The Bertz CT molecular complexity index is 739. The van der Waals surface area contributed by atoms with Crippen LogP contribution in [0.3, 0.4) is 0 Å². The van der Waals surface area contributed by atoms with E-state index in [0.29, 0.717) is 6.42 Å². The van der Waals surface area contributed by atoms with Gasteiger partial charge in [-0.25, -0.2) is 4.39 Å². The number of hydrogen-bond acceptors (Lipinski definition) is 3. The van der Waals surface area contributed by atoms with E-state index in [1.165, 1.54) is 16.2 Å². The fourth-order valence-corrected chi connectivity index (χ4v) is 3.56. The molecule has 3 N–H and O–H groups in total. The predicted molar refractivity (Wildman–Crippen MR) is 87.0 cm³/mol. The number of fused-ring (bicyclic) bond motifs is 1. The zero-order chi connectivity index (χ0) is 14.8. The molecule has 0 aliphatic rings. The summed E-state index contributed by atoms with van der Waals surface area (Å²) in [5.74, 6) is 5.28. The Labute approximate surface area is 131 Å². The third-order valence-corrected chi connectivity index (χ3v) is 4.95. The molecule has 108 valence electrons. The molecule has 0 bridgehead atoms. The van der Waals surface area contributed by atoms with Gasteiger partial charge in [0.05, 0.1) is 11.1 Å². The van der Waals surface area contributed by atoms with Crippen molar-refractivity contribution in [3.05, 3.63) is 69.8 Å². The van der Waals surface area contributed by atoms with Crippen molar-refractivity contribution in [2.75, 3.05) is 0 Å². The van der Waals surface area contributed by atoms with Crippen molar-refractivity contribution in [3.8, 4) is 0 Å². The molecule has 0 fully saturated rings. The van der Waals surface area contributed by atoms with Crippen molar-refractivity contribution < 1.29 is 4.39 Å². The zero-order valence-electron chi connectivity index (χ0n) is 11.1. The lowest BCUT2D eigenvalue weighted by atomic mass is 10.0. The summed E-state index contributed by atoms with van der Waals surface area (Å²) in [6.07, 6.45) is 0.609. The van der Waals surface area contributed by atoms with Gasteiger partial charge in [0.1, 0.15) is 5.82 Å². The van der Waals surface area contributed by atoms with Gasteiger partial charge in [0.15, 0.2) is 0 Å². The molecule has 3 rings (SSSR count). The Morgan fingerprint density at radius 2 is 2.00 bits per heavy atom. The minimum atomic E-state index is -0.402. The van der Waals surface area contributed by atoms with Crippen LogP contribution in [-0.4, -0.2) is 0 Å². The van der Waals surface area contributed by atoms with Gasteiger partial charge >= 0.3 is 0 Å². The van der Waals surface area contributed by atoms with Crippen LogP contribution < -0.4 is 11.3 Å². The third kappa shape index (κ3) is 3.09. The molecule has 3 aromatic rings. The molecule has 0 saturated carbocycles. The minimum absolute atomic E-state index is 0.0528. The monoisotopic (exact) mass is 320 g/mol. The molecule has 1 unspecified atom stereocenters. The quantitative estimate of drug-likeness (QED) is 0.551. The third-order valence-electron chi connectivity index (χ3n) is 3.41. The number of nitrogens with one attached hydrogen (secondary N) is 1. The summed E-state index contributed by atoms with van der Waals surface area (Å²) >= 11 is 7.40. The highest BCUT2D eigenvalue weighted by Crippen LogP contribution is 2.31. The lowest BCUT2D eigenvalue weighted by molar-refractivity contribution is 0.557. The maximum absolute atomic E-state index is 13.5. The molecule has 1 aromatic heterocycles. The van der Waals surface area contributed by atoms with E-state index in [1.807, 2.05) is 18.2 Å². The molecular formula is C16H14ClFN2S. The molecule has 0 spiro atoms. The topological polar surface area (TPSA) is 38.0 Å². The summed E-state index contributed by atoms with van der Waals surface area (Å²) in [6, 6.07) is 15.1. The SMILES string of the molecule is NNC(Cc1ccc(Cl)c(F)c1)c1cc2ccccc2s1. The highest BCUT2D eigenvalue weighted by molar-refractivity contribution is 7.19. The Morgan fingerprint density at radius 1 is 1.19 bits per heavy atom. The maximum Gasteiger partial charge on any atom is 0.142 e. The summed E-state index contributed by atoms with van der Waals surface area (Å²) in [4.78, 5) is 1.13. The van der Waals surface area contributed by atoms with E-state index in [0.717, 1.165) is 10.4 Å².